The molecule has 0 unspecified atom stereocenters. The van der Waals surface area contributed by atoms with Crippen LogP contribution >= 0.6 is 0 Å². The van der Waals surface area contributed by atoms with Crippen molar-refractivity contribution in [3.63, 3.8) is 0 Å². The van der Waals surface area contributed by atoms with Crippen molar-refractivity contribution >= 4 is 12.0 Å². The standard InChI is InChI=1S/C21H28O14/c22-6-11-14(26)16(28)18(30)20(33-11)32-10-3-1-8(5-9(10)24)2-4-13(25)35-21-19(31)17(29)15(27)12(7-23)34-21/h1-5,11-12,14-24,26-31H,6-7H2/b4-2+/t11-,12+,14-,15+,16+,17-,18-,19+,20-,21-/m1/s1. The fourth-order valence-corrected chi connectivity index (χ4v) is 3.51. The summed E-state index contributed by atoms with van der Waals surface area (Å²) in [5.41, 5.74) is 0.286. The molecule has 2 aliphatic heterocycles. The van der Waals surface area contributed by atoms with Crippen LogP contribution in [-0.2, 0) is 19.0 Å². The summed E-state index contributed by atoms with van der Waals surface area (Å²) in [5, 5.41) is 87.6. The second-order valence-electron chi connectivity index (χ2n) is 8.01. The van der Waals surface area contributed by atoms with Gasteiger partial charge in [0.1, 0.15) is 48.8 Å². The minimum atomic E-state index is -1.76. The van der Waals surface area contributed by atoms with Crippen molar-refractivity contribution in [2.24, 2.45) is 0 Å². The lowest BCUT2D eigenvalue weighted by molar-refractivity contribution is -0.291. The molecular formula is C21H28O14. The maximum absolute atomic E-state index is 12.1. The number of hydrogen-bond donors (Lipinski definition) is 9. The smallest absolute Gasteiger partial charge is 0.333 e. The number of aromatic hydroxyl groups is 1. The van der Waals surface area contributed by atoms with E-state index in [2.05, 4.69) is 0 Å². The molecule has 0 amide bonds. The average Bonchev–Trinajstić information content (AvgIpc) is 2.84. The van der Waals surface area contributed by atoms with E-state index in [0.29, 0.717) is 0 Å². The Balaban J connectivity index is 1.61. The van der Waals surface area contributed by atoms with Crippen LogP contribution in [0.2, 0.25) is 0 Å². The number of carbonyl (C=O) groups is 1. The summed E-state index contributed by atoms with van der Waals surface area (Å²) in [7, 11) is 0. The van der Waals surface area contributed by atoms with E-state index in [-0.39, 0.29) is 11.3 Å². The predicted octanol–water partition coefficient (Wildman–Crippen LogP) is -4.07. The molecule has 2 fully saturated rings. The highest BCUT2D eigenvalue weighted by atomic mass is 16.7. The van der Waals surface area contributed by atoms with Gasteiger partial charge in [-0.3, -0.25) is 0 Å². The van der Waals surface area contributed by atoms with E-state index in [4.69, 9.17) is 24.1 Å². The zero-order chi connectivity index (χ0) is 25.9. The fraction of sp³-hybridized carbons (Fsp3) is 0.571. The van der Waals surface area contributed by atoms with Gasteiger partial charge in [-0.25, -0.2) is 4.79 Å². The SMILES string of the molecule is O=C(/C=C/c1ccc(O[C@@H]2O[C@H](CO)[C@@H](O)[C@H](O)[C@H]2O)c(O)c1)O[C@H]1O[C@@H](CO)[C@H](O)[C@@H](O)[C@@H]1O. The number of benzene rings is 1. The van der Waals surface area contributed by atoms with Gasteiger partial charge in [-0.1, -0.05) is 6.07 Å². The Morgan fingerprint density at radius 2 is 1.37 bits per heavy atom. The molecule has 2 saturated heterocycles. The number of phenols is 1. The summed E-state index contributed by atoms with van der Waals surface area (Å²) >= 11 is 0. The van der Waals surface area contributed by atoms with E-state index < -0.39 is 86.3 Å². The number of hydrogen-bond acceptors (Lipinski definition) is 14. The lowest BCUT2D eigenvalue weighted by Crippen LogP contribution is -2.60. The third-order valence-corrected chi connectivity index (χ3v) is 5.57. The lowest BCUT2D eigenvalue weighted by Gasteiger charge is -2.39. The minimum Gasteiger partial charge on any atom is -0.504 e. The molecule has 196 valence electrons. The first-order chi connectivity index (χ1) is 16.6. The van der Waals surface area contributed by atoms with Crippen LogP contribution in [0.25, 0.3) is 6.08 Å². The summed E-state index contributed by atoms with van der Waals surface area (Å²) in [6.07, 6.45) is -13.4. The molecule has 14 nitrogen and oxygen atoms in total. The molecule has 14 heteroatoms. The van der Waals surface area contributed by atoms with Crippen molar-refractivity contribution in [3.05, 3.63) is 29.8 Å². The Labute approximate surface area is 198 Å². The number of aliphatic hydroxyl groups is 8. The molecule has 0 spiro atoms. The number of esters is 1. The monoisotopic (exact) mass is 504 g/mol. The summed E-state index contributed by atoms with van der Waals surface area (Å²) in [5.74, 6) is -1.61. The molecule has 9 N–H and O–H groups in total. The topological polar surface area (TPSA) is 236 Å². The van der Waals surface area contributed by atoms with Crippen molar-refractivity contribution in [3.8, 4) is 11.5 Å². The molecule has 1 aromatic carbocycles. The molecule has 1 aromatic rings. The van der Waals surface area contributed by atoms with Crippen LogP contribution in [0.4, 0.5) is 0 Å². The number of phenolic OH excluding ortho intramolecular Hbond substituents is 1. The van der Waals surface area contributed by atoms with Gasteiger partial charge in [0.05, 0.1) is 13.2 Å². The molecule has 0 radical (unpaired) electrons. The molecule has 0 saturated carbocycles. The molecule has 0 aliphatic carbocycles. The van der Waals surface area contributed by atoms with E-state index in [9.17, 15) is 45.6 Å². The minimum absolute atomic E-state index is 0.171. The Hall–Kier alpha value is -2.37. The molecule has 0 bridgehead atoms. The van der Waals surface area contributed by atoms with Crippen LogP contribution in [0, 0.1) is 0 Å². The Morgan fingerprint density at radius 1 is 0.829 bits per heavy atom. The predicted molar refractivity (Wildman–Crippen MR) is 111 cm³/mol. The first-order valence-electron chi connectivity index (χ1n) is 10.6. The fourth-order valence-electron chi connectivity index (χ4n) is 3.51. The van der Waals surface area contributed by atoms with Gasteiger partial charge < -0.3 is 64.9 Å². The highest BCUT2D eigenvalue weighted by molar-refractivity contribution is 5.87. The van der Waals surface area contributed by atoms with Gasteiger partial charge >= 0.3 is 5.97 Å². The van der Waals surface area contributed by atoms with E-state index >= 15 is 0 Å². The maximum Gasteiger partial charge on any atom is 0.333 e. The molecular weight excluding hydrogens is 476 g/mol. The van der Waals surface area contributed by atoms with Crippen LogP contribution < -0.4 is 4.74 Å². The molecule has 10 atom stereocenters. The molecule has 35 heavy (non-hydrogen) atoms. The van der Waals surface area contributed by atoms with Gasteiger partial charge in [0.2, 0.25) is 12.6 Å². The number of rotatable bonds is 7. The molecule has 3 rings (SSSR count). The summed E-state index contributed by atoms with van der Waals surface area (Å²) in [6, 6.07) is 3.84. The van der Waals surface area contributed by atoms with Crippen molar-refractivity contribution in [1.29, 1.82) is 0 Å². The van der Waals surface area contributed by atoms with Gasteiger partial charge in [0.15, 0.2) is 11.5 Å². The van der Waals surface area contributed by atoms with Gasteiger partial charge in [0.25, 0.3) is 0 Å². The average molecular weight is 504 g/mol. The van der Waals surface area contributed by atoms with E-state index in [1.807, 2.05) is 0 Å². The number of carbonyl (C=O) groups excluding carboxylic acids is 1. The zero-order valence-electron chi connectivity index (χ0n) is 18.1. The van der Waals surface area contributed by atoms with Crippen LogP contribution in [0.3, 0.4) is 0 Å². The third kappa shape index (κ3) is 6.07. The Morgan fingerprint density at radius 3 is 1.91 bits per heavy atom. The van der Waals surface area contributed by atoms with Crippen molar-refractivity contribution < 1.29 is 69.7 Å². The number of ether oxygens (including phenoxy) is 4. The highest BCUT2D eigenvalue weighted by Gasteiger charge is 2.46. The summed E-state index contributed by atoms with van der Waals surface area (Å²) in [4.78, 5) is 12.1. The van der Waals surface area contributed by atoms with E-state index in [1.54, 1.807) is 0 Å². The summed E-state index contributed by atoms with van der Waals surface area (Å²) in [6.45, 7) is -1.34. The second-order valence-corrected chi connectivity index (χ2v) is 8.01. The van der Waals surface area contributed by atoms with Crippen LogP contribution in [0.5, 0.6) is 11.5 Å². The largest absolute Gasteiger partial charge is 0.504 e. The first-order valence-corrected chi connectivity index (χ1v) is 10.6. The van der Waals surface area contributed by atoms with Crippen molar-refractivity contribution in [1.82, 2.24) is 0 Å². The Bertz CT molecular complexity index is 889. The number of aliphatic hydroxyl groups excluding tert-OH is 8. The quantitative estimate of drug-likeness (QED) is 0.127. The molecule has 2 aliphatic rings. The summed E-state index contributed by atoms with van der Waals surface area (Å²) < 4.78 is 20.5. The van der Waals surface area contributed by atoms with E-state index in [1.165, 1.54) is 24.3 Å². The van der Waals surface area contributed by atoms with Gasteiger partial charge in [-0.2, -0.15) is 0 Å². The third-order valence-electron chi connectivity index (χ3n) is 5.57. The maximum atomic E-state index is 12.1. The second kappa shape index (κ2) is 11.6. The molecule has 0 aromatic heterocycles. The van der Waals surface area contributed by atoms with Crippen molar-refractivity contribution in [2.45, 2.75) is 61.4 Å². The van der Waals surface area contributed by atoms with Crippen LogP contribution in [-0.4, -0.2) is 127 Å². The lowest BCUT2D eigenvalue weighted by atomic mass is 9.99. The van der Waals surface area contributed by atoms with Gasteiger partial charge in [0, 0.05) is 6.08 Å². The highest BCUT2D eigenvalue weighted by Crippen LogP contribution is 2.31. The van der Waals surface area contributed by atoms with Crippen LogP contribution in [0.1, 0.15) is 5.56 Å². The first kappa shape index (κ1) is 27.2. The van der Waals surface area contributed by atoms with Gasteiger partial charge in [-0.05, 0) is 23.8 Å². The van der Waals surface area contributed by atoms with E-state index in [0.717, 1.165) is 6.08 Å². The van der Waals surface area contributed by atoms with Crippen LogP contribution in [0.15, 0.2) is 24.3 Å². The molecule has 2 heterocycles. The zero-order valence-corrected chi connectivity index (χ0v) is 18.1. The van der Waals surface area contributed by atoms with Crippen molar-refractivity contribution in [2.75, 3.05) is 13.2 Å². The normalized spacial score (nSPS) is 37.8. The Kier molecular flexibility index (Phi) is 9.00. The van der Waals surface area contributed by atoms with Gasteiger partial charge in [-0.15, -0.1) is 0 Å².